The van der Waals surface area contributed by atoms with Gasteiger partial charge in [-0.05, 0) is 42.1 Å². The van der Waals surface area contributed by atoms with Crippen LogP contribution in [0.1, 0.15) is 16.7 Å². The standard InChI is InChI=1S/C24H19N3O2S2/c1-18-9-11-21(12-10-18)31(28,29)22(15-25)14-20-17-27(16-19-6-3-2-4-7-19)26-24(20)23-8-5-13-30-23/h2-14,17H,16H2,1H3/b22-14-. The molecule has 0 aliphatic carbocycles. The first-order chi connectivity index (χ1) is 15.0. The van der Waals surface area contributed by atoms with Crippen molar-refractivity contribution in [3.63, 3.8) is 0 Å². The van der Waals surface area contributed by atoms with E-state index in [1.807, 2.05) is 60.8 Å². The maximum absolute atomic E-state index is 13.1. The van der Waals surface area contributed by atoms with Gasteiger partial charge in [0.25, 0.3) is 0 Å². The van der Waals surface area contributed by atoms with Crippen molar-refractivity contribution < 1.29 is 8.42 Å². The van der Waals surface area contributed by atoms with Gasteiger partial charge < -0.3 is 0 Å². The van der Waals surface area contributed by atoms with E-state index in [4.69, 9.17) is 0 Å². The fraction of sp³-hybridized carbons (Fsp3) is 0.0833. The van der Waals surface area contributed by atoms with E-state index in [0.29, 0.717) is 17.8 Å². The van der Waals surface area contributed by atoms with Gasteiger partial charge in [0.1, 0.15) is 16.7 Å². The molecule has 0 spiro atoms. The number of hydrogen-bond acceptors (Lipinski definition) is 5. The molecule has 4 rings (SSSR count). The number of thiophene rings is 1. The van der Waals surface area contributed by atoms with Crippen LogP contribution in [0.4, 0.5) is 0 Å². The van der Waals surface area contributed by atoms with E-state index < -0.39 is 9.84 Å². The van der Waals surface area contributed by atoms with E-state index in [1.54, 1.807) is 23.0 Å². The van der Waals surface area contributed by atoms with Crippen LogP contribution in [0.5, 0.6) is 0 Å². The van der Waals surface area contributed by atoms with Gasteiger partial charge in [0, 0.05) is 11.8 Å². The Balaban J connectivity index is 1.79. The first-order valence-corrected chi connectivity index (χ1v) is 11.9. The third kappa shape index (κ3) is 4.50. The Morgan fingerprint density at radius 1 is 1.10 bits per heavy atom. The molecule has 2 heterocycles. The fourth-order valence-electron chi connectivity index (χ4n) is 3.15. The van der Waals surface area contributed by atoms with Crippen LogP contribution >= 0.6 is 11.3 Å². The Labute approximate surface area is 185 Å². The highest BCUT2D eigenvalue weighted by atomic mass is 32.2. The lowest BCUT2D eigenvalue weighted by atomic mass is 10.2. The smallest absolute Gasteiger partial charge is 0.216 e. The molecule has 0 saturated heterocycles. The summed E-state index contributed by atoms with van der Waals surface area (Å²) in [6.07, 6.45) is 3.20. The number of nitrogens with zero attached hydrogens (tertiary/aromatic N) is 3. The molecule has 0 bridgehead atoms. The highest BCUT2D eigenvalue weighted by molar-refractivity contribution is 7.95. The number of benzene rings is 2. The van der Waals surface area contributed by atoms with Gasteiger partial charge in [-0.3, -0.25) is 4.68 Å². The highest BCUT2D eigenvalue weighted by Gasteiger charge is 2.22. The monoisotopic (exact) mass is 445 g/mol. The van der Waals surface area contributed by atoms with Gasteiger partial charge in [-0.25, -0.2) is 8.42 Å². The van der Waals surface area contributed by atoms with E-state index >= 15 is 0 Å². The van der Waals surface area contributed by atoms with Crippen molar-refractivity contribution in [2.75, 3.05) is 0 Å². The van der Waals surface area contributed by atoms with Crippen LogP contribution in [0.15, 0.2) is 88.1 Å². The molecule has 5 nitrogen and oxygen atoms in total. The van der Waals surface area contributed by atoms with Crippen LogP contribution in [0.25, 0.3) is 16.6 Å². The molecule has 0 aliphatic heterocycles. The van der Waals surface area contributed by atoms with Gasteiger partial charge in [-0.1, -0.05) is 54.1 Å². The summed E-state index contributed by atoms with van der Waals surface area (Å²) in [5.41, 5.74) is 3.26. The van der Waals surface area contributed by atoms with Gasteiger partial charge in [-0.15, -0.1) is 11.3 Å². The number of nitriles is 1. The van der Waals surface area contributed by atoms with E-state index in [1.165, 1.54) is 29.5 Å². The Bertz CT molecular complexity index is 1360. The SMILES string of the molecule is Cc1ccc(S(=O)(=O)/C(C#N)=C\c2cn(Cc3ccccc3)nc2-c2cccs2)cc1. The molecular formula is C24H19N3O2S2. The zero-order valence-corrected chi connectivity index (χ0v) is 18.4. The molecule has 2 aromatic carbocycles. The number of aryl methyl sites for hydroxylation is 1. The van der Waals surface area contributed by atoms with Crippen molar-refractivity contribution in [1.82, 2.24) is 9.78 Å². The molecule has 0 radical (unpaired) electrons. The molecule has 154 valence electrons. The molecular weight excluding hydrogens is 426 g/mol. The topological polar surface area (TPSA) is 75.8 Å². The number of sulfone groups is 1. The van der Waals surface area contributed by atoms with Gasteiger partial charge in [0.2, 0.25) is 9.84 Å². The van der Waals surface area contributed by atoms with Crippen molar-refractivity contribution in [2.24, 2.45) is 0 Å². The average Bonchev–Trinajstić information content (AvgIpc) is 3.43. The molecule has 31 heavy (non-hydrogen) atoms. The molecule has 0 aliphatic rings. The minimum atomic E-state index is -3.93. The Morgan fingerprint density at radius 2 is 1.84 bits per heavy atom. The molecule has 0 N–H and O–H groups in total. The lowest BCUT2D eigenvalue weighted by Gasteiger charge is -2.03. The number of rotatable bonds is 6. The van der Waals surface area contributed by atoms with Crippen LogP contribution in [0.2, 0.25) is 0 Å². The molecule has 0 unspecified atom stereocenters. The van der Waals surface area contributed by atoms with Crippen LogP contribution < -0.4 is 0 Å². The lowest BCUT2D eigenvalue weighted by Crippen LogP contribution is -2.03. The number of aromatic nitrogens is 2. The van der Waals surface area contributed by atoms with Gasteiger partial charge >= 0.3 is 0 Å². The predicted octanol–water partition coefficient (Wildman–Crippen LogP) is 5.31. The molecule has 0 saturated carbocycles. The number of hydrogen-bond donors (Lipinski definition) is 0. The van der Waals surface area contributed by atoms with E-state index in [-0.39, 0.29) is 9.80 Å². The van der Waals surface area contributed by atoms with Crippen LogP contribution in [0, 0.1) is 18.3 Å². The molecule has 2 aromatic heterocycles. The summed E-state index contributed by atoms with van der Waals surface area (Å²) in [6.45, 7) is 2.42. The number of allylic oxidation sites excluding steroid dienone is 1. The van der Waals surface area contributed by atoms with Crippen molar-refractivity contribution in [3.05, 3.63) is 99.9 Å². The van der Waals surface area contributed by atoms with Gasteiger partial charge in [-0.2, -0.15) is 10.4 Å². The van der Waals surface area contributed by atoms with Crippen molar-refractivity contribution in [2.45, 2.75) is 18.4 Å². The third-order valence-corrected chi connectivity index (χ3v) is 7.31. The molecule has 4 aromatic rings. The summed E-state index contributed by atoms with van der Waals surface area (Å²) >= 11 is 1.51. The zero-order valence-electron chi connectivity index (χ0n) is 16.8. The van der Waals surface area contributed by atoms with Gasteiger partial charge in [0.15, 0.2) is 0 Å². The minimum absolute atomic E-state index is 0.0975. The summed E-state index contributed by atoms with van der Waals surface area (Å²) < 4.78 is 27.9. The summed E-state index contributed by atoms with van der Waals surface area (Å²) in [4.78, 5) is 0.691. The van der Waals surface area contributed by atoms with Crippen LogP contribution in [-0.4, -0.2) is 18.2 Å². The Morgan fingerprint density at radius 3 is 2.48 bits per heavy atom. The predicted molar refractivity (Wildman–Crippen MR) is 123 cm³/mol. The van der Waals surface area contributed by atoms with Crippen molar-refractivity contribution in [1.29, 1.82) is 5.26 Å². The van der Waals surface area contributed by atoms with E-state index in [9.17, 15) is 13.7 Å². The second-order valence-electron chi connectivity index (χ2n) is 7.03. The second kappa shape index (κ2) is 8.72. The molecule has 0 amide bonds. The summed E-state index contributed by atoms with van der Waals surface area (Å²) in [5.74, 6) is 0. The zero-order chi connectivity index (χ0) is 21.8. The summed E-state index contributed by atoms with van der Waals surface area (Å²) in [6, 6.07) is 22.1. The van der Waals surface area contributed by atoms with Crippen LogP contribution in [0.3, 0.4) is 0 Å². The van der Waals surface area contributed by atoms with Crippen molar-refractivity contribution in [3.8, 4) is 16.6 Å². The second-order valence-corrected chi connectivity index (χ2v) is 9.90. The minimum Gasteiger partial charge on any atom is -0.267 e. The largest absolute Gasteiger partial charge is 0.267 e. The maximum Gasteiger partial charge on any atom is 0.216 e. The Kier molecular flexibility index (Phi) is 5.85. The van der Waals surface area contributed by atoms with Crippen LogP contribution in [-0.2, 0) is 16.4 Å². The summed E-state index contributed by atoms with van der Waals surface area (Å²) in [7, 11) is -3.93. The maximum atomic E-state index is 13.1. The highest BCUT2D eigenvalue weighted by Crippen LogP contribution is 2.30. The lowest BCUT2D eigenvalue weighted by molar-refractivity contribution is 0.603. The molecule has 7 heteroatoms. The molecule has 0 atom stereocenters. The van der Waals surface area contributed by atoms with E-state index in [2.05, 4.69) is 5.10 Å². The Hall–Kier alpha value is -3.47. The van der Waals surface area contributed by atoms with E-state index in [0.717, 1.165) is 16.0 Å². The summed E-state index contributed by atoms with van der Waals surface area (Å²) in [5, 5.41) is 16.3. The first-order valence-electron chi connectivity index (χ1n) is 9.56. The normalized spacial score (nSPS) is 11.9. The third-order valence-electron chi connectivity index (χ3n) is 4.75. The fourth-order valence-corrected chi connectivity index (χ4v) is 5.04. The molecule has 0 fully saturated rings. The first kappa shape index (κ1) is 20.8. The van der Waals surface area contributed by atoms with Gasteiger partial charge in [0.05, 0.1) is 16.3 Å². The average molecular weight is 446 g/mol. The van der Waals surface area contributed by atoms with Crippen molar-refractivity contribution >= 4 is 27.3 Å². The quantitative estimate of drug-likeness (QED) is 0.377.